The maximum Gasteiger partial charge on any atom is 0.0488 e. The van der Waals surface area contributed by atoms with Gasteiger partial charge in [-0.3, -0.25) is 0 Å². The molecule has 17 heavy (non-hydrogen) atoms. The van der Waals surface area contributed by atoms with Crippen LogP contribution in [0.25, 0.3) is 0 Å². The molecule has 0 aliphatic heterocycles. The van der Waals surface area contributed by atoms with Gasteiger partial charge in [0.05, 0.1) is 0 Å². The van der Waals surface area contributed by atoms with E-state index in [1.165, 1.54) is 22.4 Å². The minimum absolute atomic E-state index is 0.331. The van der Waals surface area contributed by atoms with Crippen molar-refractivity contribution < 1.29 is 0 Å². The lowest BCUT2D eigenvalue weighted by molar-refractivity contribution is 0.872. The lowest BCUT2D eigenvalue weighted by Crippen LogP contribution is -2.08. The van der Waals surface area contributed by atoms with Crippen LogP contribution < -0.4 is 5.32 Å². The van der Waals surface area contributed by atoms with Gasteiger partial charge in [0.25, 0.3) is 0 Å². The first kappa shape index (κ1) is 11.7. The summed E-state index contributed by atoms with van der Waals surface area (Å²) in [5.74, 6) is 0. The van der Waals surface area contributed by atoms with E-state index in [0.717, 1.165) is 0 Å². The predicted octanol–water partition coefficient (Wildman–Crippen LogP) is 4.48. The molecule has 0 saturated carbocycles. The Morgan fingerprint density at radius 3 is 2.35 bits per heavy atom. The van der Waals surface area contributed by atoms with Crippen molar-refractivity contribution in [2.75, 3.05) is 5.32 Å². The predicted molar refractivity (Wildman–Crippen MR) is 74.4 cm³/mol. The van der Waals surface area contributed by atoms with Gasteiger partial charge in [-0.2, -0.15) is 0 Å². The van der Waals surface area contributed by atoms with Crippen LogP contribution >= 0.6 is 0 Å². The molecule has 1 heteroatoms. The molecule has 0 aromatic heterocycles. The second-order valence-corrected chi connectivity index (χ2v) is 4.59. The van der Waals surface area contributed by atoms with Crippen molar-refractivity contribution in [2.45, 2.75) is 26.8 Å². The van der Waals surface area contributed by atoms with Gasteiger partial charge in [0, 0.05) is 11.7 Å². The normalized spacial score (nSPS) is 12.2. The number of benzene rings is 2. The summed E-state index contributed by atoms with van der Waals surface area (Å²) < 4.78 is 0. The molecule has 2 rings (SSSR count). The van der Waals surface area contributed by atoms with E-state index < -0.39 is 0 Å². The van der Waals surface area contributed by atoms with Crippen molar-refractivity contribution >= 4 is 5.69 Å². The molecule has 1 unspecified atom stereocenters. The Labute approximate surface area is 103 Å². The Kier molecular flexibility index (Phi) is 3.48. The summed E-state index contributed by atoms with van der Waals surface area (Å²) in [5.41, 5.74) is 5.19. The zero-order chi connectivity index (χ0) is 12.3. The molecular formula is C16H19N. The van der Waals surface area contributed by atoms with Crippen LogP contribution in [0.5, 0.6) is 0 Å². The lowest BCUT2D eigenvalue weighted by atomic mass is 10.00. The number of aryl methyl sites for hydroxylation is 2. The highest BCUT2D eigenvalue weighted by Crippen LogP contribution is 2.22. The summed E-state index contributed by atoms with van der Waals surface area (Å²) in [5, 5.41) is 3.53. The summed E-state index contributed by atoms with van der Waals surface area (Å²) >= 11 is 0. The second kappa shape index (κ2) is 5.05. The zero-order valence-electron chi connectivity index (χ0n) is 10.7. The first-order valence-electron chi connectivity index (χ1n) is 6.05. The van der Waals surface area contributed by atoms with E-state index in [1.807, 2.05) is 6.07 Å². The SMILES string of the molecule is Cc1ccc(C)c(C(C)Nc2ccccc2)c1. The van der Waals surface area contributed by atoms with Crippen LogP contribution in [0.2, 0.25) is 0 Å². The van der Waals surface area contributed by atoms with Crippen molar-refractivity contribution in [3.63, 3.8) is 0 Å². The zero-order valence-corrected chi connectivity index (χ0v) is 10.7. The van der Waals surface area contributed by atoms with Crippen LogP contribution in [-0.4, -0.2) is 0 Å². The molecular weight excluding hydrogens is 206 g/mol. The van der Waals surface area contributed by atoms with Gasteiger partial charge in [-0.05, 0) is 44.0 Å². The van der Waals surface area contributed by atoms with E-state index >= 15 is 0 Å². The Bertz CT molecular complexity index is 488. The fraction of sp³-hybridized carbons (Fsp3) is 0.250. The Morgan fingerprint density at radius 1 is 0.941 bits per heavy atom. The molecule has 0 heterocycles. The minimum Gasteiger partial charge on any atom is -0.379 e. The van der Waals surface area contributed by atoms with E-state index in [1.54, 1.807) is 0 Å². The summed E-state index contributed by atoms with van der Waals surface area (Å²) in [7, 11) is 0. The summed E-state index contributed by atoms with van der Waals surface area (Å²) in [6.07, 6.45) is 0. The van der Waals surface area contributed by atoms with Gasteiger partial charge in [-0.25, -0.2) is 0 Å². The molecule has 0 aliphatic rings. The molecule has 0 saturated heterocycles. The number of para-hydroxylation sites is 1. The fourth-order valence-corrected chi connectivity index (χ4v) is 2.09. The van der Waals surface area contributed by atoms with Crippen LogP contribution in [0.1, 0.15) is 29.7 Å². The van der Waals surface area contributed by atoms with Crippen molar-refractivity contribution in [1.29, 1.82) is 0 Å². The highest BCUT2D eigenvalue weighted by atomic mass is 14.9. The van der Waals surface area contributed by atoms with Crippen molar-refractivity contribution in [3.8, 4) is 0 Å². The standard InChI is InChI=1S/C16H19N/c1-12-9-10-13(2)16(11-12)14(3)17-15-7-5-4-6-8-15/h4-11,14,17H,1-3H3. The van der Waals surface area contributed by atoms with Crippen LogP contribution in [0.3, 0.4) is 0 Å². The Morgan fingerprint density at radius 2 is 1.65 bits per heavy atom. The van der Waals surface area contributed by atoms with E-state index in [0.29, 0.717) is 6.04 Å². The summed E-state index contributed by atoms with van der Waals surface area (Å²) in [6, 6.07) is 17.3. The van der Waals surface area contributed by atoms with Gasteiger partial charge in [-0.1, -0.05) is 42.0 Å². The summed E-state index contributed by atoms with van der Waals surface area (Å²) in [4.78, 5) is 0. The maximum absolute atomic E-state index is 3.53. The molecule has 88 valence electrons. The third-order valence-corrected chi connectivity index (χ3v) is 3.06. The van der Waals surface area contributed by atoms with Crippen molar-refractivity contribution in [2.24, 2.45) is 0 Å². The number of hydrogen-bond donors (Lipinski definition) is 1. The number of rotatable bonds is 3. The highest BCUT2D eigenvalue weighted by molar-refractivity contribution is 5.46. The monoisotopic (exact) mass is 225 g/mol. The van der Waals surface area contributed by atoms with Gasteiger partial charge >= 0.3 is 0 Å². The molecule has 1 atom stereocenters. The van der Waals surface area contributed by atoms with Crippen molar-refractivity contribution in [1.82, 2.24) is 0 Å². The molecule has 1 N–H and O–H groups in total. The third-order valence-electron chi connectivity index (χ3n) is 3.06. The van der Waals surface area contributed by atoms with Crippen LogP contribution in [0.15, 0.2) is 48.5 Å². The van der Waals surface area contributed by atoms with E-state index in [4.69, 9.17) is 0 Å². The Hall–Kier alpha value is -1.76. The van der Waals surface area contributed by atoms with E-state index in [9.17, 15) is 0 Å². The first-order chi connectivity index (χ1) is 8.16. The molecule has 0 radical (unpaired) electrons. The molecule has 2 aromatic carbocycles. The maximum atomic E-state index is 3.53. The molecule has 0 aliphatic carbocycles. The third kappa shape index (κ3) is 2.88. The van der Waals surface area contributed by atoms with Crippen LogP contribution in [0, 0.1) is 13.8 Å². The second-order valence-electron chi connectivity index (χ2n) is 4.59. The van der Waals surface area contributed by atoms with Crippen LogP contribution in [-0.2, 0) is 0 Å². The van der Waals surface area contributed by atoms with Gasteiger partial charge in [0.15, 0.2) is 0 Å². The first-order valence-corrected chi connectivity index (χ1v) is 6.05. The van der Waals surface area contributed by atoms with Crippen molar-refractivity contribution in [3.05, 3.63) is 65.2 Å². The summed E-state index contributed by atoms with van der Waals surface area (Å²) in [6.45, 7) is 6.50. The van der Waals surface area contributed by atoms with Gasteiger partial charge < -0.3 is 5.32 Å². The molecule has 0 amide bonds. The Balaban J connectivity index is 2.20. The quantitative estimate of drug-likeness (QED) is 0.812. The van der Waals surface area contributed by atoms with E-state index in [2.05, 4.69) is 68.6 Å². The smallest absolute Gasteiger partial charge is 0.0488 e. The van der Waals surface area contributed by atoms with Gasteiger partial charge in [0.1, 0.15) is 0 Å². The number of anilines is 1. The topological polar surface area (TPSA) is 12.0 Å². The average molecular weight is 225 g/mol. The van der Waals surface area contributed by atoms with Gasteiger partial charge in [0.2, 0.25) is 0 Å². The fourth-order valence-electron chi connectivity index (χ4n) is 2.09. The molecule has 0 fully saturated rings. The molecule has 0 bridgehead atoms. The molecule has 1 nitrogen and oxygen atoms in total. The van der Waals surface area contributed by atoms with E-state index in [-0.39, 0.29) is 0 Å². The number of hydrogen-bond acceptors (Lipinski definition) is 1. The average Bonchev–Trinajstić information content (AvgIpc) is 2.33. The molecule has 0 spiro atoms. The number of nitrogens with one attached hydrogen (secondary N) is 1. The lowest BCUT2D eigenvalue weighted by Gasteiger charge is -2.18. The highest BCUT2D eigenvalue weighted by Gasteiger charge is 2.08. The van der Waals surface area contributed by atoms with Gasteiger partial charge in [-0.15, -0.1) is 0 Å². The minimum atomic E-state index is 0.331. The van der Waals surface area contributed by atoms with Crippen LogP contribution in [0.4, 0.5) is 5.69 Å². The largest absolute Gasteiger partial charge is 0.379 e. The molecule has 2 aromatic rings.